The highest BCUT2D eigenvalue weighted by molar-refractivity contribution is 5.88. The Bertz CT molecular complexity index is 466. The van der Waals surface area contributed by atoms with Crippen LogP contribution in [0.15, 0.2) is 12.2 Å². The van der Waals surface area contributed by atoms with Crippen molar-refractivity contribution in [1.82, 2.24) is 0 Å². The van der Waals surface area contributed by atoms with Crippen LogP contribution in [0.1, 0.15) is 20.3 Å². The maximum atomic E-state index is 11.9. The van der Waals surface area contributed by atoms with Gasteiger partial charge in [-0.3, -0.25) is 4.79 Å². The molecule has 0 amide bonds. The SMILES string of the molecule is C=C(COCC(F)(F)F)C(=O)OC(C)(C)CC(=O)OCC(F)(F)F. The number of ether oxygens (including phenoxy) is 3. The van der Waals surface area contributed by atoms with Crippen LogP contribution in [-0.4, -0.2) is 49.7 Å². The zero-order valence-corrected chi connectivity index (χ0v) is 12.8. The molecule has 0 saturated heterocycles. The van der Waals surface area contributed by atoms with Gasteiger partial charge in [0.2, 0.25) is 0 Å². The van der Waals surface area contributed by atoms with Crippen molar-refractivity contribution in [1.29, 1.82) is 0 Å². The molecule has 0 heterocycles. The van der Waals surface area contributed by atoms with Crippen LogP contribution in [0.5, 0.6) is 0 Å². The lowest BCUT2D eigenvalue weighted by molar-refractivity contribution is -0.190. The zero-order valence-electron chi connectivity index (χ0n) is 12.8. The largest absolute Gasteiger partial charge is 0.456 e. The first-order valence-corrected chi connectivity index (χ1v) is 6.39. The minimum Gasteiger partial charge on any atom is -0.456 e. The maximum absolute atomic E-state index is 11.9. The molecule has 0 N–H and O–H groups in total. The molecule has 11 heteroatoms. The number of carbonyl (C=O) groups is 2. The van der Waals surface area contributed by atoms with Crippen LogP contribution in [0.4, 0.5) is 26.3 Å². The van der Waals surface area contributed by atoms with E-state index in [4.69, 9.17) is 4.74 Å². The van der Waals surface area contributed by atoms with Gasteiger partial charge in [0.15, 0.2) is 6.61 Å². The van der Waals surface area contributed by atoms with Gasteiger partial charge in [-0.1, -0.05) is 6.58 Å². The van der Waals surface area contributed by atoms with Crippen molar-refractivity contribution in [3.8, 4) is 0 Å². The molecule has 0 bridgehead atoms. The van der Waals surface area contributed by atoms with Crippen LogP contribution >= 0.6 is 0 Å². The monoisotopic (exact) mass is 366 g/mol. The van der Waals surface area contributed by atoms with E-state index in [9.17, 15) is 35.9 Å². The molecule has 0 aromatic heterocycles. The average molecular weight is 366 g/mol. The van der Waals surface area contributed by atoms with Crippen molar-refractivity contribution < 1.29 is 50.1 Å². The summed E-state index contributed by atoms with van der Waals surface area (Å²) in [5, 5.41) is 0. The molecule has 0 radical (unpaired) electrons. The minimum atomic E-state index is -4.69. The summed E-state index contributed by atoms with van der Waals surface area (Å²) in [5.41, 5.74) is -2.00. The van der Waals surface area contributed by atoms with Crippen LogP contribution < -0.4 is 0 Å². The molecule has 0 rings (SSSR count). The molecule has 24 heavy (non-hydrogen) atoms. The standard InChI is InChI=1S/C13H16F6O5/c1-8(5-22-6-12(14,15)16)10(21)24-11(2,3)4-9(20)23-7-13(17,18)19/h1,4-7H2,2-3H3. The fraction of sp³-hybridized carbons (Fsp3) is 0.692. The van der Waals surface area contributed by atoms with E-state index in [0.29, 0.717) is 0 Å². The van der Waals surface area contributed by atoms with Crippen LogP contribution in [0, 0.1) is 0 Å². The Kier molecular flexibility index (Phi) is 7.74. The van der Waals surface area contributed by atoms with Gasteiger partial charge in [0.1, 0.15) is 12.2 Å². The summed E-state index contributed by atoms with van der Waals surface area (Å²) in [6.45, 7) is 1.47. The highest BCUT2D eigenvalue weighted by atomic mass is 19.4. The third-order valence-electron chi connectivity index (χ3n) is 2.17. The Balaban J connectivity index is 4.34. The lowest BCUT2D eigenvalue weighted by Gasteiger charge is -2.24. The van der Waals surface area contributed by atoms with Crippen LogP contribution in [-0.2, 0) is 23.8 Å². The van der Waals surface area contributed by atoms with Gasteiger partial charge in [0.05, 0.1) is 18.6 Å². The predicted octanol–water partition coefficient (Wildman–Crippen LogP) is 2.94. The zero-order chi connectivity index (χ0) is 19.2. The molecule has 0 aliphatic heterocycles. The van der Waals surface area contributed by atoms with Gasteiger partial charge in [0.25, 0.3) is 0 Å². The maximum Gasteiger partial charge on any atom is 0.422 e. The molecule has 0 aliphatic carbocycles. The molecular weight excluding hydrogens is 350 g/mol. The highest BCUT2D eigenvalue weighted by Crippen LogP contribution is 2.20. The average Bonchev–Trinajstić information content (AvgIpc) is 2.32. The summed E-state index contributed by atoms with van der Waals surface area (Å²) in [5.74, 6) is -2.41. The first-order valence-electron chi connectivity index (χ1n) is 6.39. The minimum absolute atomic E-state index is 0.448. The van der Waals surface area contributed by atoms with Crippen LogP contribution in [0.2, 0.25) is 0 Å². The van der Waals surface area contributed by atoms with E-state index in [1.807, 2.05) is 0 Å². The lowest BCUT2D eigenvalue weighted by atomic mass is 10.1. The summed E-state index contributed by atoms with van der Waals surface area (Å²) in [6.07, 6.45) is -9.96. The lowest BCUT2D eigenvalue weighted by Crippen LogP contribution is -2.34. The Hall–Kier alpha value is -1.78. The van der Waals surface area contributed by atoms with Crippen molar-refractivity contribution in [3.63, 3.8) is 0 Å². The van der Waals surface area contributed by atoms with E-state index < -0.39 is 61.7 Å². The number of halogens is 6. The van der Waals surface area contributed by atoms with E-state index >= 15 is 0 Å². The second kappa shape index (κ2) is 8.36. The normalized spacial score (nSPS) is 12.7. The van der Waals surface area contributed by atoms with Gasteiger partial charge in [-0.15, -0.1) is 0 Å². The van der Waals surface area contributed by atoms with Gasteiger partial charge in [-0.05, 0) is 13.8 Å². The molecule has 0 fully saturated rings. The number of hydrogen-bond donors (Lipinski definition) is 0. The number of rotatable bonds is 8. The predicted molar refractivity (Wildman–Crippen MR) is 67.8 cm³/mol. The molecule has 0 unspecified atom stereocenters. The molecule has 140 valence electrons. The van der Waals surface area contributed by atoms with Crippen LogP contribution in [0.3, 0.4) is 0 Å². The van der Waals surface area contributed by atoms with Crippen molar-refractivity contribution in [2.45, 2.75) is 38.2 Å². The van der Waals surface area contributed by atoms with E-state index in [-0.39, 0.29) is 0 Å². The summed E-state index contributed by atoms with van der Waals surface area (Å²) in [6, 6.07) is 0. The van der Waals surface area contributed by atoms with Crippen molar-refractivity contribution in [2.24, 2.45) is 0 Å². The first-order chi connectivity index (χ1) is 10.6. The fourth-order valence-electron chi connectivity index (χ4n) is 1.27. The number of hydrogen-bond acceptors (Lipinski definition) is 5. The van der Waals surface area contributed by atoms with E-state index in [2.05, 4.69) is 16.1 Å². The number of alkyl halides is 6. The number of esters is 2. The van der Waals surface area contributed by atoms with E-state index in [1.54, 1.807) is 0 Å². The highest BCUT2D eigenvalue weighted by Gasteiger charge is 2.33. The Morgan fingerprint density at radius 3 is 1.92 bits per heavy atom. The molecule has 0 atom stereocenters. The molecule has 5 nitrogen and oxygen atoms in total. The second-order valence-electron chi connectivity index (χ2n) is 5.31. The van der Waals surface area contributed by atoms with Crippen molar-refractivity contribution >= 4 is 11.9 Å². The Morgan fingerprint density at radius 2 is 1.46 bits per heavy atom. The van der Waals surface area contributed by atoms with Gasteiger partial charge in [0, 0.05) is 0 Å². The third-order valence-corrected chi connectivity index (χ3v) is 2.17. The molecule has 0 aromatic rings. The van der Waals surface area contributed by atoms with Crippen molar-refractivity contribution in [3.05, 3.63) is 12.2 Å². The van der Waals surface area contributed by atoms with Gasteiger partial charge < -0.3 is 14.2 Å². The second-order valence-corrected chi connectivity index (χ2v) is 5.31. The topological polar surface area (TPSA) is 61.8 Å². The molecule has 0 spiro atoms. The van der Waals surface area contributed by atoms with Gasteiger partial charge in [-0.2, -0.15) is 26.3 Å². The van der Waals surface area contributed by atoms with E-state index in [0.717, 1.165) is 0 Å². The molecule has 0 aliphatic rings. The van der Waals surface area contributed by atoms with E-state index in [1.165, 1.54) is 13.8 Å². The number of carbonyl (C=O) groups excluding carboxylic acids is 2. The van der Waals surface area contributed by atoms with Crippen LogP contribution in [0.25, 0.3) is 0 Å². The quantitative estimate of drug-likeness (QED) is 0.376. The summed E-state index contributed by atoms with van der Waals surface area (Å²) in [7, 11) is 0. The smallest absolute Gasteiger partial charge is 0.422 e. The fourth-order valence-corrected chi connectivity index (χ4v) is 1.27. The Labute approximate surface area is 133 Å². The molecular formula is C13H16F6O5. The molecule has 0 aromatic carbocycles. The summed E-state index contributed by atoms with van der Waals surface area (Å²) >= 11 is 0. The van der Waals surface area contributed by atoms with Crippen molar-refractivity contribution in [2.75, 3.05) is 19.8 Å². The third kappa shape index (κ3) is 11.7. The van der Waals surface area contributed by atoms with Gasteiger partial charge in [-0.25, -0.2) is 4.79 Å². The summed E-state index contributed by atoms with van der Waals surface area (Å²) < 4.78 is 84.3. The summed E-state index contributed by atoms with van der Waals surface area (Å²) in [4.78, 5) is 22.9. The van der Waals surface area contributed by atoms with Gasteiger partial charge >= 0.3 is 24.3 Å². The Morgan fingerprint density at radius 1 is 0.958 bits per heavy atom. The first kappa shape index (κ1) is 22.2. The molecule has 0 saturated carbocycles.